The highest BCUT2D eigenvalue weighted by Gasteiger charge is 1.98. The van der Waals surface area contributed by atoms with Crippen LogP contribution in [0.2, 0.25) is 0 Å². The molecule has 0 aromatic carbocycles. The Bertz CT molecular complexity index is 132. The molecule has 0 rings (SSSR count). The molecule has 0 N–H and O–H groups in total. The van der Waals surface area contributed by atoms with Crippen LogP contribution >= 0.6 is 11.8 Å². The predicted molar refractivity (Wildman–Crippen MR) is 51.0 cm³/mol. The highest BCUT2D eigenvalue weighted by atomic mass is 32.2. The van der Waals surface area contributed by atoms with Gasteiger partial charge >= 0.3 is 0 Å². The molecule has 0 saturated heterocycles. The average Bonchev–Trinajstić information content (AvgIpc) is 1.89. The van der Waals surface area contributed by atoms with Gasteiger partial charge in [-0.1, -0.05) is 26.0 Å². The third-order valence-electron chi connectivity index (χ3n) is 1.19. The van der Waals surface area contributed by atoms with E-state index in [4.69, 9.17) is 0 Å². The Kier molecular flexibility index (Phi) is 5.51. The van der Waals surface area contributed by atoms with Gasteiger partial charge in [0, 0.05) is 0 Å². The van der Waals surface area contributed by atoms with Crippen LogP contribution in [0.15, 0.2) is 22.5 Å². The van der Waals surface area contributed by atoms with E-state index in [-0.39, 0.29) is 0 Å². The van der Waals surface area contributed by atoms with Gasteiger partial charge in [0.15, 0.2) is 0 Å². The van der Waals surface area contributed by atoms with Gasteiger partial charge in [-0.3, -0.25) is 0 Å². The van der Waals surface area contributed by atoms with Crippen LogP contribution < -0.4 is 0 Å². The zero-order valence-corrected chi connectivity index (χ0v) is 8.03. The molecule has 0 unspecified atom stereocenters. The van der Waals surface area contributed by atoms with Crippen molar-refractivity contribution in [3.8, 4) is 0 Å². The van der Waals surface area contributed by atoms with Crippen LogP contribution in [-0.2, 0) is 0 Å². The zero-order chi connectivity index (χ0) is 7.98. The van der Waals surface area contributed by atoms with Gasteiger partial charge in [-0.05, 0) is 30.1 Å². The van der Waals surface area contributed by atoms with Crippen LogP contribution in [0.4, 0.5) is 0 Å². The van der Waals surface area contributed by atoms with E-state index >= 15 is 0 Å². The first-order valence-corrected chi connectivity index (χ1v) is 4.54. The van der Waals surface area contributed by atoms with Crippen molar-refractivity contribution < 1.29 is 0 Å². The van der Waals surface area contributed by atoms with Crippen molar-refractivity contribution in [3.63, 3.8) is 0 Å². The van der Waals surface area contributed by atoms with E-state index < -0.39 is 0 Å². The summed E-state index contributed by atoms with van der Waals surface area (Å²) < 4.78 is 0. The first kappa shape index (κ1) is 9.83. The third kappa shape index (κ3) is 3.78. The van der Waals surface area contributed by atoms with Crippen molar-refractivity contribution in [2.24, 2.45) is 5.92 Å². The van der Waals surface area contributed by atoms with E-state index in [1.165, 1.54) is 4.91 Å². The molecule has 58 valence electrons. The maximum Gasteiger partial charge on any atom is -0.0126 e. The molecule has 0 amide bonds. The standard InChI is InChI=1S/C9H16S/c1-5-7-10-9(6-2)8(3)4/h5-8H,1-4H3/b7-5-,9-6-. The second kappa shape index (κ2) is 5.60. The fourth-order valence-corrected chi connectivity index (χ4v) is 1.39. The van der Waals surface area contributed by atoms with Gasteiger partial charge in [-0.25, -0.2) is 0 Å². The minimum atomic E-state index is 0.659. The Morgan fingerprint density at radius 2 is 1.90 bits per heavy atom. The molecule has 0 nitrogen and oxygen atoms in total. The first-order valence-electron chi connectivity index (χ1n) is 3.66. The summed E-state index contributed by atoms with van der Waals surface area (Å²) in [6.45, 7) is 8.56. The number of allylic oxidation sites excluding steroid dienone is 3. The summed E-state index contributed by atoms with van der Waals surface area (Å²) in [6.07, 6.45) is 4.24. The van der Waals surface area contributed by atoms with Crippen molar-refractivity contribution in [3.05, 3.63) is 22.5 Å². The van der Waals surface area contributed by atoms with Gasteiger partial charge in [-0.15, -0.1) is 11.8 Å². The third-order valence-corrected chi connectivity index (χ3v) is 2.58. The van der Waals surface area contributed by atoms with Crippen LogP contribution in [0.1, 0.15) is 27.7 Å². The van der Waals surface area contributed by atoms with Crippen LogP contribution in [-0.4, -0.2) is 0 Å². The molecule has 10 heavy (non-hydrogen) atoms. The topological polar surface area (TPSA) is 0 Å². The van der Waals surface area contributed by atoms with Crippen LogP contribution in [0, 0.1) is 5.92 Å². The molecule has 0 atom stereocenters. The molecule has 0 aromatic heterocycles. The summed E-state index contributed by atoms with van der Waals surface area (Å²) in [5.41, 5.74) is 0. The van der Waals surface area contributed by atoms with Gasteiger partial charge in [-0.2, -0.15) is 0 Å². The summed E-state index contributed by atoms with van der Waals surface area (Å²) in [5.74, 6) is 0.659. The molecule has 0 saturated carbocycles. The highest BCUT2D eigenvalue weighted by molar-refractivity contribution is 8.05. The smallest absolute Gasteiger partial charge is 0.0126 e. The van der Waals surface area contributed by atoms with Crippen LogP contribution in [0.25, 0.3) is 0 Å². The molecule has 0 aliphatic rings. The highest BCUT2D eigenvalue weighted by Crippen LogP contribution is 2.24. The Balaban J connectivity index is 3.86. The largest absolute Gasteiger partial charge is 0.103 e. The SMILES string of the molecule is C/C=C\S/C(=C\C)C(C)C. The van der Waals surface area contributed by atoms with Crippen LogP contribution in [0.5, 0.6) is 0 Å². The average molecular weight is 156 g/mol. The summed E-state index contributed by atoms with van der Waals surface area (Å²) in [7, 11) is 0. The fraction of sp³-hybridized carbons (Fsp3) is 0.556. The molecule has 1 heteroatoms. The molecule has 0 spiro atoms. The lowest BCUT2D eigenvalue weighted by atomic mass is 10.2. The summed E-state index contributed by atoms with van der Waals surface area (Å²) in [4.78, 5) is 1.44. The van der Waals surface area contributed by atoms with Gasteiger partial charge in [0.05, 0.1) is 0 Å². The van der Waals surface area contributed by atoms with E-state index in [9.17, 15) is 0 Å². The quantitative estimate of drug-likeness (QED) is 0.598. The predicted octanol–water partition coefficient (Wildman–Crippen LogP) is 3.81. The fourth-order valence-electron chi connectivity index (χ4n) is 0.684. The van der Waals surface area contributed by atoms with Crippen molar-refractivity contribution in [1.29, 1.82) is 0 Å². The monoisotopic (exact) mass is 156 g/mol. The summed E-state index contributed by atoms with van der Waals surface area (Å²) in [5, 5.41) is 2.12. The lowest BCUT2D eigenvalue weighted by Gasteiger charge is -2.05. The first-order chi connectivity index (χ1) is 4.72. The molecule has 0 heterocycles. The maximum atomic E-state index is 2.21. The number of thioether (sulfide) groups is 1. The second-order valence-electron chi connectivity index (χ2n) is 2.43. The number of hydrogen-bond donors (Lipinski definition) is 0. The van der Waals surface area contributed by atoms with Crippen molar-refractivity contribution in [1.82, 2.24) is 0 Å². The Hall–Kier alpha value is -0.170. The van der Waals surface area contributed by atoms with Gasteiger partial charge in [0.1, 0.15) is 0 Å². The molecule has 0 aliphatic carbocycles. The second-order valence-corrected chi connectivity index (χ2v) is 3.41. The Morgan fingerprint density at radius 3 is 2.20 bits per heavy atom. The van der Waals surface area contributed by atoms with E-state index in [1.54, 1.807) is 0 Å². The molecule has 0 radical (unpaired) electrons. The molecule has 0 bridgehead atoms. The molecular formula is C9H16S. The normalized spacial score (nSPS) is 13.5. The molecule has 0 aliphatic heterocycles. The van der Waals surface area contributed by atoms with Gasteiger partial charge in [0.2, 0.25) is 0 Å². The lowest BCUT2D eigenvalue weighted by molar-refractivity contribution is 0.815. The number of hydrogen-bond acceptors (Lipinski definition) is 1. The minimum absolute atomic E-state index is 0.659. The number of rotatable bonds is 3. The maximum absolute atomic E-state index is 2.21. The van der Waals surface area contributed by atoms with E-state index in [2.05, 4.69) is 38.3 Å². The van der Waals surface area contributed by atoms with Crippen molar-refractivity contribution in [2.75, 3.05) is 0 Å². The zero-order valence-electron chi connectivity index (χ0n) is 7.22. The van der Waals surface area contributed by atoms with E-state index in [0.29, 0.717) is 5.92 Å². The van der Waals surface area contributed by atoms with Crippen molar-refractivity contribution in [2.45, 2.75) is 27.7 Å². The summed E-state index contributed by atoms with van der Waals surface area (Å²) >= 11 is 1.81. The minimum Gasteiger partial charge on any atom is -0.103 e. The Labute approximate surface area is 68.4 Å². The molecule has 0 aromatic rings. The van der Waals surface area contributed by atoms with Gasteiger partial charge in [0.25, 0.3) is 0 Å². The van der Waals surface area contributed by atoms with Crippen LogP contribution in [0.3, 0.4) is 0 Å². The van der Waals surface area contributed by atoms with E-state index in [1.807, 2.05) is 18.7 Å². The molecule has 0 fully saturated rings. The molecular weight excluding hydrogens is 140 g/mol. The summed E-state index contributed by atoms with van der Waals surface area (Å²) in [6, 6.07) is 0. The van der Waals surface area contributed by atoms with Crippen molar-refractivity contribution >= 4 is 11.8 Å². The van der Waals surface area contributed by atoms with Gasteiger partial charge < -0.3 is 0 Å². The van der Waals surface area contributed by atoms with E-state index in [0.717, 1.165) is 0 Å². The lowest BCUT2D eigenvalue weighted by Crippen LogP contribution is -1.86. The Morgan fingerprint density at radius 1 is 1.30 bits per heavy atom.